The number of rotatable bonds is 1. The van der Waals surface area contributed by atoms with Gasteiger partial charge in [0.1, 0.15) is 17.4 Å². The Morgan fingerprint density at radius 2 is 2.12 bits per heavy atom. The maximum atomic E-state index is 12.8. The molecule has 0 aromatic carbocycles. The van der Waals surface area contributed by atoms with Gasteiger partial charge in [-0.15, -0.1) is 0 Å². The van der Waals surface area contributed by atoms with Gasteiger partial charge in [-0.1, -0.05) is 0 Å². The topological polar surface area (TPSA) is 61.0 Å². The Bertz CT molecular complexity index is 603. The van der Waals surface area contributed by atoms with Crippen LogP contribution in [-0.2, 0) is 13.2 Å². The number of pyridine rings is 1. The highest BCUT2D eigenvalue weighted by Crippen LogP contribution is 2.40. The minimum Gasteiger partial charge on any atom is -0.336 e. The molecule has 0 aliphatic rings. The van der Waals surface area contributed by atoms with Crippen molar-refractivity contribution in [2.45, 2.75) is 6.18 Å². The molecule has 0 amide bonds. The van der Waals surface area contributed by atoms with Crippen molar-refractivity contribution in [2.75, 3.05) is 0 Å². The van der Waals surface area contributed by atoms with Crippen LogP contribution in [0.2, 0.25) is 0 Å². The zero-order chi connectivity index (χ0) is 12.8. The summed E-state index contributed by atoms with van der Waals surface area (Å²) in [6.07, 6.45) is -2.78. The van der Waals surface area contributed by atoms with Gasteiger partial charge in [0.2, 0.25) is 0 Å². The smallest absolute Gasteiger partial charge is 0.336 e. The van der Waals surface area contributed by atoms with E-state index in [9.17, 15) is 23.3 Å². The molecule has 0 N–H and O–H groups in total. The molecule has 0 aliphatic carbocycles. The van der Waals surface area contributed by atoms with Crippen LogP contribution >= 0.6 is 0 Å². The normalized spacial score (nSPS) is 12.0. The van der Waals surface area contributed by atoms with Crippen molar-refractivity contribution in [1.82, 2.24) is 9.55 Å². The van der Waals surface area contributed by atoms with E-state index in [0.29, 0.717) is 6.20 Å². The summed E-state index contributed by atoms with van der Waals surface area (Å²) in [5.41, 5.74) is -2.23. The quantitative estimate of drug-likeness (QED) is 0.572. The summed E-state index contributed by atoms with van der Waals surface area (Å²) in [6.45, 7) is 0. The first-order valence-corrected chi connectivity index (χ1v) is 4.48. The minimum atomic E-state index is -4.79. The van der Waals surface area contributed by atoms with Crippen molar-refractivity contribution >= 4 is 16.7 Å². The second-order valence-electron chi connectivity index (χ2n) is 3.44. The van der Waals surface area contributed by atoms with Crippen molar-refractivity contribution in [1.29, 1.82) is 0 Å². The molecular formula is C9H6F3N3O2. The molecule has 90 valence electrons. The largest absolute Gasteiger partial charge is 0.423 e. The fourth-order valence-electron chi connectivity index (χ4n) is 1.64. The number of hydrogen-bond acceptors (Lipinski definition) is 3. The average Bonchev–Trinajstić information content (AvgIpc) is 2.57. The number of aromatic nitrogens is 2. The lowest BCUT2D eigenvalue weighted by atomic mass is 10.1. The molecule has 0 atom stereocenters. The number of aryl methyl sites for hydroxylation is 1. The Kier molecular flexibility index (Phi) is 2.30. The predicted molar refractivity (Wildman–Crippen MR) is 52.4 cm³/mol. The number of nitrogens with zero attached hydrogens (tertiary/aromatic N) is 3. The van der Waals surface area contributed by atoms with Gasteiger partial charge in [0.15, 0.2) is 0 Å². The van der Waals surface area contributed by atoms with E-state index in [1.54, 1.807) is 0 Å². The number of nitro groups is 1. The first-order chi connectivity index (χ1) is 7.82. The Labute approximate surface area is 92.6 Å². The van der Waals surface area contributed by atoms with Gasteiger partial charge < -0.3 is 4.57 Å². The van der Waals surface area contributed by atoms with E-state index in [1.165, 1.54) is 17.8 Å². The SMILES string of the molecule is Cn1ccc2c(C(F)(F)F)c([N+](=O)[O-])cnc21. The zero-order valence-corrected chi connectivity index (χ0v) is 8.52. The fourth-order valence-corrected chi connectivity index (χ4v) is 1.64. The third-order valence-electron chi connectivity index (χ3n) is 2.35. The van der Waals surface area contributed by atoms with Crippen LogP contribution in [0.1, 0.15) is 5.56 Å². The van der Waals surface area contributed by atoms with Crippen molar-refractivity contribution in [2.24, 2.45) is 7.05 Å². The highest BCUT2D eigenvalue weighted by Gasteiger charge is 2.41. The molecule has 8 heteroatoms. The summed E-state index contributed by atoms with van der Waals surface area (Å²) < 4.78 is 39.8. The molecule has 0 spiro atoms. The van der Waals surface area contributed by atoms with E-state index in [4.69, 9.17) is 0 Å². The lowest BCUT2D eigenvalue weighted by Gasteiger charge is -2.08. The van der Waals surface area contributed by atoms with E-state index in [1.807, 2.05) is 0 Å². The first-order valence-electron chi connectivity index (χ1n) is 4.48. The van der Waals surface area contributed by atoms with Crippen LogP contribution in [0.25, 0.3) is 11.0 Å². The molecule has 5 nitrogen and oxygen atoms in total. The molecule has 0 unspecified atom stereocenters. The van der Waals surface area contributed by atoms with Crippen LogP contribution in [0.4, 0.5) is 18.9 Å². The Morgan fingerprint density at radius 3 is 2.65 bits per heavy atom. The molecule has 0 fully saturated rings. The number of halogens is 3. The van der Waals surface area contributed by atoms with Gasteiger partial charge in [-0.2, -0.15) is 13.2 Å². The summed E-state index contributed by atoms with van der Waals surface area (Å²) in [6, 6.07) is 1.16. The van der Waals surface area contributed by atoms with Crippen molar-refractivity contribution in [3.63, 3.8) is 0 Å². The van der Waals surface area contributed by atoms with Gasteiger partial charge in [-0.05, 0) is 6.07 Å². The number of alkyl halides is 3. The Morgan fingerprint density at radius 1 is 1.47 bits per heavy atom. The van der Waals surface area contributed by atoms with Crippen molar-refractivity contribution in [3.05, 3.63) is 34.1 Å². The monoisotopic (exact) mass is 245 g/mol. The number of hydrogen-bond donors (Lipinski definition) is 0. The second-order valence-corrected chi connectivity index (χ2v) is 3.44. The molecule has 2 aromatic rings. The maximum absolute atomic E-state index is 12.8. The highest BCUT2D eigenvalue weighted by molar-refractivity contribution is 5.84. The van der Waals surface area contributed by atoms with E-state index >= 15 is 0 Å². The van der Waals surface area contributed by atoms with Crippen molar-refractivity contribution < 1.29 is 18.1 Å². The van der Waals surface area contributed by atoms with Crippen LogP contribution in [0, 0.1) is 10.1 Å². The lowest BCUT2D eigenvalue weighted by Crippen LogP contribution is -2.10. The van der Waals surface area contributed by atoms with Crippen LogP contribution in [0.15, 0.2) is 18.5 Å². The summed E-state index contributed by atoms with van der Waals surface area (Å²) in [5.74, 6) is 0. The molecule has 0 radical (unpaired) electrons. The zero-order valence-electron chi connectivity index (χ0n) is 8.52. The summed E-state index contributed by atoms with van der Waals surface area (Å²) in [4.78, 5) is 13.2. The molecule has 0 bridgehead atoms. The summed E-state index contributed by atoms with van der Waals surface area (Å²) >= 11 is 0. The van der Waals surface area contributed by atoms with E-state index < -0.39 is 22.4 Å². The Hall–Kier alpha value is -2.12. The molecule has 17 heavy (non-hydrogen) atoms. The fraction of sp³-hybridized carbons (Fsp3) is 0.222. The minimum absolute atomic E-state index is 0.0583. The maximum Gasteiger partial charge on any atom is 0.423 e. The van der Waals surface area contributed by atoms with E-state index in [2.05, 4.69) is 4.98 Å². The van der Waals surface area contributed by atoms with Gasteiger partial charge in [0, 0.05) is 18.6 Å². The van der Waals surface area contributed by atoms with Crippen LogP contribution in [0.3, 0.4) is 0 Å². The average molecular weight is 245 g/mol. The van der Waals surface area contributed by atoms with E-state index in [-0.39, 0.29) is 11.0 Å². The molecule has 2 rings (SSSR count). The standard InChI is InChI=1S/C9H6F3N3O2/c1-14-3-2-5-7(9(10,11)12)6(15(16)17)4-13-8(5)14/h2-4H,1H3. The van der Waals surface area contributed by atoms with Crippen LogP contribution in [-0.4, -0.2) is 14.5 Å². The number of fused-ring (bicyclic) bond motifs is 1. The molecule has 2 aromatic heterocycles. The van der Waals surface area contributed by atoms with Gasteiger partial charge in [0.25, 0.3) is 0 Å². The van der Waals surface area contributed by atoms with Gasteiger partial charge in [-0.25, -0.2) is 4.98 Å². The van der Waals surface area contributed by atoms with Crippen LogP contribution in [0.5, 0.6) is 0 Å². The van der Waals surface area contributed by atoms with Crippen LogP contribution < -0.4 is 0 Å². The molecule has 0 saturated heterocycles. The van der Waals surface area contributed by atoms with Gasteiger partial charge in [0.05, 0.1) is 4.92 Å². The molecular weight excluding hydrogens is 239 g/mol. The Balaban J connectivity index is 2.90. The van der Waals surface area contributed by atoms with Gasteiger partial charge >= 0.3 is 11.9 Å². The second kappa shape index (κ2) is 3.44. The lowest BCUT2D eigenvalue weighted by molar-refractivity contribution is -0.388. The van der Waals surface area contributed by atoms with Gasteiger partial charge in [-0.3, -0.25) is 10.1 Å². The summed E-state index contributed by atoms with van der Waals surface area (Å²) in [7, 11) is 1.52. The first kappa shape index (κ1) is 11.4. The van der Waals surface area contributed by atoms with E-state index in [0.717, 1.165) is 6.07 Å². The van der Waals surface area contributed by atoms with Crippen molar-refractivity contribution in [3.8, 4) is 0 Å². The highest BCUT2D eigenvalue weighted by atomic mass is 19.4. The third kappa shape index (κ3) is 1.71. The molecule has 0 aliphatic heterocycles. The summed E-state index contributed by atoms with van der Waals surface area (Å²) in [5, 5.41) is 10.3. The predicted octanol–water partition coefficient (Wildman–Crippen LogP) is 2.50. The third-order valence-corrected chi connectivity index (χ3v) is 2.35. The molecule has 0 saturated carbocycles. The molecule has 2 heterocycles.